The minimum atomic E-state index is -1.36. The summed E-state index contributed by atoms with van der Waals surface area (Å²) in [7, 11) is 0. The lowest BCUT2D eigenvalue weighted by Crippen LogP contribution is -2.18. The van der Waals surface area contributed by atoms with Crippen molar-refractivity contribution in [3.05, 3.63) is 46.3 Å². The first-order chi connectivity index (χ1) is 9.84. The highest BCUT2D eigenvalue weighted by atomic mass is 19.2. The maximum Gasteiger partial charge on any atom is 0.341 e. The quantitative estimate of drug-likeness (QED) is 0.209. The Morgan fingerprint density at radius 2 is 1.81 bits per heavy atom. The molecule has 1 rings (SSSR count). The van der Waals surface area contributed by atoms with Crippen LogP contribution in [0.2, 0.25) is 0 Å². The van der Waals surface area contributed by atoms with Crippen LogP contribution in [0.15, 0.2) is 17.7 Å². The van der Waals surface area contributed by atoms with Crippen molar-refractivity contribution >= 4 is 11.8 Å². The summed E-state index contributed by atoms with van der Waals surface area (Å²) in [6, 6.07) is 0.447. The van der Waals surface area contributed by atoms with E-state index < -0.39 is 45.9 Å². The van der Waals surface area contributed by atoms with Crippen LogP contribution < -0.4 is 0 Å². The molecule has 0 aliphatic rings. The third kappa shape index (κ3) is 3.51. The number of Topliss-reactive ketones (excluding diaryl/α,β-unsaturated/α-hetero) is 1. The molecule has 0 atom stereocenters. The highest BCUT2D eigenvalue weighted by Crippen LogP contribution is 2.22. The minimum absolute atomic E-state index is 0.0342. The van der Waals surface area contributed by atoms with E-state index in [1.165, 1.54) is 6.08 Å². The number of carbonyl (C=O) groups is 2. The van der Waals surface area contributed by atoms with Gasteiger partial charge in [0.25, 0.3) is 0 Å². The van der Waals surface area contributed by atoms with Gasteiger partial charge in [-0.15, -0.1) is 0 Å². The second-order valence-electron chi connectivity index (χ2n) is 4.23. The first-order valence-corrected chi connectivity index (χ1v) is 6.41. The van der Waals surface area contributed by atoms with Crippen molar-refractivity contribution in [1.82, 2.24) is 0 Å². The van der Waals surface area contributed by atoms with E-state index in [1.807, 2.05) is 0 Å². The molecule has 0 saturated carbocycles. The summed E-state index contributed by atoms with van der Waals surface area (Å²) in [5.74, 6) is -5.86. The molecule has 0 spiro atoms. The molecule has 21 heavy (non-hydrogen) atoms. The number of hydrogen-bond donors (Lipinski definition) is 0. The zero-order valence-corrected chi connectivity index (χ0v) is 11.9. The van der Waals surface area contributed by atoms with E-state index in [4.69, 9.17) is 4.74 Å². The van der Waals surface area contributed by atoms with Crippen molar-refractivity contribution in [2.24, 2.45) is 0 Å². The van der Waals surface area contributed by atoms with Gasteiger partial charge in [0, 0.05) is 5.56 Å². The van der Waals surface area contributed by atoms with Gasteiger partial charge < -0.3 is 4.74 Å². The van der Waals surface area contributed by atoms with E-state index in [9.17, 15) is 22.8 Å². The molecule has 0 radical (unpaired) electrons. The van der Waals surface area contributed by atoms with Crippen LogP contribution in [0.3, 0.4) is 0 Å². The molecule has 1 aromatic carbocycles. The van der Waals surface area contributed by atoms with Gasteiger partial charge in [0.1, 0.15) is 11.4 Å². The SMILES string of the molecule is CCC=C(C(=O)OCC)C(=O)c1cc(F)c(F)c(C)c1F. The summed E-state index contributed by atoms with van der Waals surface area (Å²) >= 11 is 0. The largest absolute Gasteiger partial charge is 0.462 e. The van der Waals surface area contributed by atoms with Gasteiger partial charge in [-0.25, -0.2) is 18.0 Å². The first kappa shape index (κ1) is 16.9. The summed E-state index contributed by atoms with van der Waals surface area (Å²) in [4.78, 5) is 23.9. The standard InChI is InChI=1S/C15H15F3O3/c1-4-6-9(15(20)21-5-2)14(19)10-7-11(16)13(18)8(3)12(10)17/h6-7H,4-5H2,1-3H3. The van der Waals surface area contributed by atoms with Crippen LogP contribution in [0.25, 0.3) is 0 Å². The van der Waals surface area contributed by atoms with Crippen LogP contribution in [-0.2, 0) is 9.53 Å². The maximum absolute atomic E-state index is 13.9. The molecule has 0 unspecified atom stereocenters. The van der Waals surface area contributed by atoms with Crippen LogP contribution in [0, 0.1) is 24.4 Å². The Kier molecular flexibility index (Phi) is 5.69. The van der Waals surface area contributed by atoms with Gasteiger partial charge in [0.2, 0.25) is 5.78 Å². The van der Waals surface area contributed by atoms with E-state index in [2.05, 4.69) is 0 Å². The number of ether oxygens (including phenoxy) is 1. The Hall–Kier alpha value is -2.11. The number of ketones is 1. The third-order valence-electron chi connectivity index (χ3n) is 2.77. The molecule has 0 aliphatic carbocycles. The number of carbonyl (C=O) groups excluding carboxylic acids is 2. The van der Waals surface area contributed by atoms with Crippen molar-refractivity contribution in [1.29, 1.82) is 0 Å². The van der Waals surface area contributed by atoms with Crippen LogP contribution in [-0.4, -0.2) is 18.4 Å². The lowest BCUT2D eigenvalue weighted by Gasteiger charge is -2.09. The van der Waals surface area contributed by atoms with E-state index in [1.54, 1.807) is 13.8 Å². The fourth-order valence-electron chi connectivity index (χ4n) is 1.72. The number of benzene rings is 1. The van der Waals surface area contributed by atoms with Crippen LogP contribution in [0.4, 0.5) is 13.2 Å². The second kappa shape index (κ2) is 7.06. The Morgan fingerprint density at radius 1 is 1.19 bits per heavy atom. The smallest absolute Gasteiger partial charge is 0.341 e. The number of rotatable bonds is 5. The average molecular weight is 300 g/mol. The number of esters is 1. The lowest BCUT2D eigenvalue weighted by molar-refractivity contribution is -0.138. The van der Waals surface area contributed by atoms with Gasteiger partial charge in [0.15, 0.2) is 11.6 Å². The van der Waals surface area contributed by atoms with Crippen molar-refractivity contribution in [3.63, 3.8) is 0 Å². The lowest BCUT2D eigenvalue weighted by atomic mass is 9.99. The van der Waals surface area contributed by atoms with Gasteiger partial charge in [0.05, 0.1) is 12.2 Å². The molecule has 0 aromatic heterocycles. The van der Waals surface area contributed by atoms with Crippen LogP contribution >= 0.6 is 0 Å². The Balaban J connectivity index is 3.35. The van der Waals surface area contributed by atoms with Gasteiger partial charge in [-0.3, -0.25) is 4.79 Å². The Bertz CT molecular complexity index is 607. The fraction of sp³-hybridized carbons (Fsp3) is 0.333. The summed E-state index contributed by atoms with van der Waals surface area (Å²) in [5, 5.41) is 0. The third-order valence-corrected chi connectivity index (χ3v) is 2.77. The van der Waals surface area contributed by atoms with E-state index >= 15 is 0 Å². The summed E-state index contributed by atoms with van der Waals surface area (Å²) < 4.78 is 45.2. The predicted octanol–water partition coefficient (Wildman–Crippen LogP) is 3.49. The molecule has 0 fully saturated rings. The first-order valence-electron chi connectivity index (χ1n) is 6.41. The van der Waals surface area contributed by atoms with Crippen LogP contribution in [0.1, 0.15) is 36.2 Å². The number of allylic oxidation sites excluding steroid dienone is 1. The number of halogens is 3. The molecule has 0 saturated heterocycles. The number of hydrogen-bond acceptors (Lipinski definition) is 3. The van der Waals surface area contributed by atoms with E-state index in [0.29, 0.717) is 12.5 Å². The topological polar surface area (TPSA) is 43.4 Å². The van der Waals surface area contributed by atoms with E-state index in [0.717, 1.165) is 6.92 Å². The van der Waals surface area contributed by atoms with Gasteiger partial charge in [-0.1, -0.05) is 13.0 Å². The summed E-state index contributed by atoms with van der Waals surface area (Å²) in [6.45, 7) is 4.26. The highest BCUT2D eigenvalue weighted by Gasteiger charge is 2.26. The van der Waals surface area contributed by atoms with Crippen LogP contribution in [0.5, 0.6) is 0 Å². The van der Waals surface area contributed by atoms with Crippen molar-refractivity contribution in [2.45, 2.75) is 27.2 Å². The Morgan fingerprint density at radius 3 is 2.33 bits per heavy atom. The van der Waals surface area contributed by atoms with Crippen molar-refractivity contribution in [2.75, 3.05) is 6.61 Å². The molecule has 0 heterocycles. The molecule has 114 valence electrons. The molecule has 0 N–H and O–H groups in total. The highest BCUT2D eigenvalue weighted by molar-refractivity contribution is 6.24. The predicted molar refractivity (Wildman–Crippen MR) is 70.4 cm³/mol. The zero-order valence-electron chi connectivity index (χ0n) is 11.9. The monoisotopic (exact) mass is 300 g/mol. The normalized spacial score (nSPS) is 11.4. The van der Waals surface area contributed by atoms with Crippen molar-refractivity contribution in [3.8, 4) is 0 Å². The molecule has 0 bridgehead atoms. The molecule has 0 aliphatic heterocycles. The van der Waals surface area contributed by atoms with Gasteiger partial charge >= 0.3 is 5.97 Å². The summed E-state index contributed by atoms with van der Waals surface area (Å²) in [5.41, 5.74) is -1.71. The van der Waals surface area contributed by atoms with Gasteiger partial charge in [-0.05, 0) is 26.3 Å². The molecule has 3 nitrogen and oxygen atoms in total. The maximum atomic E-state index is 13.9. The molecule has 6 heteroatoms. The summed E-state index contributed by atoms with van der Waals surface area (Å²) in [6.07, 6.45) is 1.58. The Labute approximate surface area is 120 Å². The zero-order chi connectivity index (χ0) is 16.2. The fourth-order valence-corrected chi connectivity index (χ4v) is 1.72. The molecular formula is C15H15F3O3. The van der Waals surface area contributed by atoms with E-state index in [-0.39, 0.29) is 6.61 Å². The molecule has 0 amide bonds. The average Bonchev–Trinajstić information content (AvgIpc) is 2.45. The minimum Gasteiger partial charge on any atom is -0.462 e. The second-order valence-corrected chi connectivity index (χ2v) is 4.23. The van der Waals surface area contributed by atoms with Gasteiger partial charge in [-0.2, -0.15) is 0 Å². The molecular weight excluding hydrogens is 285 g/mol. The molecule has 1 aromatic rings. The van der Waals surface area contributed by atoms with Crippen molar-refractivity contribution < 1.29 is 27.5 Å².